The van der Waals surface area contributed by atoms with Crippen LogP contribution in [0.1, 0.15) is 39.2 Å². The minimum Gasteiger partial charge on any atom is -0.323 e. The SMILES string of the molecule is CC(C)NC1CCN(C(C)C(=O)N2CC(=O)Nc3cc(C(F)(F)F)ccc32)CC1. The van der Waals surface area contributed by atoms with Crippen LogP contribution in [0.15, 0.2) is 18.2 Å². The Kier molecular flexibility index (Phi) is 6.19. The van der Waals surface area contributed by atoms with Crippen LogP contribution in [0, 0.1) is 0 Å². The molecule has 160 valence electrons. The smallest absolute Gasteiger partial charge is 0.323 e. The van der Waals surface area contributed by atoms with Crippen molar-refractivity contribution < 1.29 is 22.8 Å². The molecule has 29 heavy (non-hydrogen) atoms. The van der Waals surface area contributed by atoms with Gasteiger partial charge in [0.15, 0.2) is 0 Å². The van der Waals surface area contributed by atoms with Crippen LogP contribution in [0.25, 0.3) is 0 Å². The number of anilines is 2. The van der Waals surface area contributed by atoms with Crippen molar-refractivity contribution in [3.05, 3.63) is 23.8 Å². The molecule has 0 aliphatic carbocycles. The summed E-state index contributed by atoms with van der Waals surface area (Å²) in [5.74, 6) is -0.784. The summed E-state index contributed by atoms with van der Waals surface area (Å²) in [5, 5.41) is 5.95. The number of rotatable bonds is 4. The molecule has 9 heteroatoms. The first-order chi connectivity index (χ1) is 13.6. The maximum Gasteiger partial charge on any atom is 0.416 e. The third-order valence-electron chi connectivity index (χ3n) is 5.46. The highest BCUT2D eigenvalue weighted by Crippen LogP contribution is 2.37. The second-order valence-corrected chi connectivity index (χ2v) is 8.01. The van der Waals surface area contributed by atoms with E-state index in [1.165, 1.54) is 11.0 Å². The molecule has 1 fully saturated rings. The van der Waals surface area contributed by atoms with Gasteiger partial charge in [0.1, 0.15) is 6.54 Å². The lowest BCUT2D eigenvalue weighted by Gasteiger charge is -2.39. The van der Waals surface area contributed by atoms with Gasteiger partial charge < -0.3 is 10.6 Å². The van der Waals surface area contributed by atoms with E-state index in [2.05, 4.69) is 29.4 Å². The highest BCUT2D eigenvalue weighted by molar-refractivity contribution is 6.11. The van der Waals surface area contributed by atoms with Crippen LogP contribution in [0.3, 0.4) is 0 Å². The van der Waals surface area contributed by atoms with Crippen molar-refractivity contribution >= 4 is 23.2 Å². The predicted octanol–water partition coefficient (Wildman–Crippen LogP) is 2.84. The van der Waals surface area contributed by atoms with Crippen LogP contribution in [0.5, 0.6) is 0 Å². The van der Waals surface area contributed by atoms with Gasteiger partial charge in [-0.2, -0.15) is 13.2 Å². The van der Waals surface area contributed by atoms with Crippen molar-refractivity contribution in [1.82, 2.24) is 10.2 Å². The molecule has 0 aromatic heterocycles. The average Bonchev–Trinajstić information content (AvgIpc) is 2.65. The molecule has 1 unspecified atom stereocenters. The van der Waals surface area contributed by atoms with Crippen LogP contribution in [0.2, 0.25) is 0 Å². The summed E-state index contributed by atoms with van der Waals surface area (Å²) < 4.78 is 39.0. The summed E-state index contributed by atoms with van der Waals surface area (Å²) in [6.45, 7) is 7.28. The Morgan fingerprint density at radius 1 is 1.21 bits per heavy atom. The van der Waals surface area contributed by atoms with Gasteiger partial charge in [-0.05, 0) is 38.0 Å². The van der Waals surface area contributed by atoms with Crippen molar-refractivity contribution in [2.45, 2.75) is 57.9 Å². The zero-order chi connectivity index (χ0) is 21.3. The monoisotopic (exact) mass is 412 g/mol. The fraction of sp³-hybridized carbons (Fsp3) is 0.600. The van der Waals surface area contributed by atoms with Gasteiger partial charge in [0, 0.05) is 25.2 Å². The normalized spacial score (nSPS) is 19.8. The largest absolute Gasteiger partial charge is 0.416 e. The molecule has 0 spiro atoms. The molecule has 3 rings (SSSR count). The van der Waals surface area contributed by atoms with Gasteiger partial charge in [0.25, 0.3) is 0 Å². The molecule has 2 heterocycles. The van der Waals surface area contributed by atoms with Gasteiger partial charge in [-0.1, -0.05) is 13.8 Å². The number of fused-ring (bicyclic) bond motifs is 1. The zero-order valence-corrected chi connectivity index (χ0v) is 16.8. The van der Waals surface area contributed by atoms with Crippen molar-refractivity contribution in [2.24, 2.45) is 0 Å². The third kappa shape index (κ3) is 4.90. The highest BCUT2D eigenvalue weighted by atomic mass is 19.4. The molecule has 2 aliphatic rings. The van der Waals surface area contributed by atoms with Crippen LogP contribution in [-0.4, -0.2) is 54.5 Å². The first-order valence-corrected chi connectivity index (χ1v) is 9.89. The second kappa shape index (κ2) is 8.31. The number of hydrogen-bond acceptors (Lipinski definition) is 4. The summed E-state index contributed by atoms with van der Waals surface area (Å²) in [6.07, 6.45) is -2.68. The summed E-state index contributed by atoms with van der Waals surface area (Å²) in [5.41, 5.74) is -0.555. The van der Waals surface area contributed by atoms with Gasteiger partial charge in [0.2, 0.25) is 11.8 Å². The predicted molar refractivity (Wildman–Crippen MR) is 105 cm³/mol. The number of alkyl halides is 3. The van der Waals surface area contributed by atoms with Crippen molar-refractivity contribution in [3.8, 4) is 0 Å². The van der Waals surface area contributed by atoms with E-state index in [4.69, 9.17) is 0 Å². The fourth-order valence-electron chi connectivity index (χ4n) is 3.97. The maximum atomic E-state index is 13.1. The van der Waals surface area contributed by atoms with Crippen LogP contribution in [-0.2, 0) is 15.8 Å². The lowest BCUT2D eigenvalue weighted by Crippen LogP contribution is -2.54. The molecule has 1 aromatic rings. The number of benzene rings is 1. The summed E-state index contributed by atoms with van der Waals surface area (Å²) in [4.78, 5) is 28.5. The molecule has 0 radical (unpaired) electrons. The van der Waals surface area contributed by atoms with Crippen molar-refractivity contribution in [2.75, 3.05) is 29.9 Å². The summed E-state index contributed by atoms with van der Waals surface area (Å²) in [7, 11) is 0. The molecular weight excluding hydrogens is 385 g/mol. The summed E-state index contributed by atoms with van der Waals surface area (Å²) in [6, 6.07) is 3.41. The van der Waals surface area contributed by atoms with Gasteiger partial charge in [-0.25, -0.2) is 0 Å². The Labute approximate surface area is 168 Å². The van der Waals surface area contributed by atoms with Crippen molar-refractivity contribution in [1.29, 1.82) is 0 Å². The Hall–Kier alpha value is -2.13. The molecule has 2 aliphatic heterocycles. The van der Waals surface area contributed by atoms with Crippen LogP contribution in [0.4, 0.5) is 24.5 Å². The number of nitrogens with one attached hydrogen (secondary N) is 2. The fourth-order valence-corrected chi connectivity index (χ4v) is 3.97. The number of nitrogens with zero attached hydrogens (tertiary/aromatic N) is 2. The van der Waals surface area contributed by atoms with E-state index in [-0.39, 0.29) is 18.1 Å². The molecule has 2 N–H and O–H groups in total. The number of likely N-dealkylation sites (tertiary alicyclic amines) is 1. The van der Waals surface area contributed by atoms with E-state index in [9.17, 15) is 22.8 Å². The topological polar surface area (TPSA) is 64.7 Å². The van der Waals surface area contributed by atoms with Gasteiger partial charge in [-0.3, -0.25) is 19.4 Å². The van der Waals surface area contributed by atoms with E-state index < -0.39 is 23.7 Å². The second-order valence-electron chi connectivity index (χ2n) is 8.01. The molecule has 6 nitrogen and oxygen atoms in total. The number of carbonyl (C=O) groups excluding carboxylic acids is 2. The molecule has 1 saturated heterocycles. The van der Waals surface area contributed by atoms with Gasteiger partial charge in [0.05, 0.1) is 23.0 Å². The molecule has 2 amide bonds. The van der Waals surface area contributed by atoms with E-state index in [0.717, 1.165) is 38.1 Å². The quantitative estimate of drug-likeness (QED) is 0.798. The third-order valence-corrected chi connectivity index (χ3v) is 5.46. The van der Waals surface area contributed by atoms with E-state index in [0.29, 0.717) is 17.8 Å². The highest BCUT2D eigenvalue weighted by Gasteiger charge is 2.36. The standard InChI is InChI=1S/C20H27F3N4O2/c1-12(2)24-15-6-8-26(9-7-15)13(3)19(29)27-11-18(28)25-16-10-14(20(21,22)23)4-5-17(16)27/h4-5,10,12-13,15,24H,6-9,11H2,1-3H3,(H,25,28). The van der Waals surface area contributed by atoms with Crippen molar-refractivity contribution in [3.63, 3.8) is 0 Å². The summed E-state index contributed by atoms with van der Waals surface area (Å²) >= 11 is 0. The first-order valence-electron chi connectivity index (χ1n) is 9.89. The average molecular weight is 412 g/mol. The lowest BCUT2D eigenvalue weighted by atomic mass is 10.0. The number of carbonyl (C=O) groups is 2. The molecule has 1 atom stereocenters. The molecule has 1 aromatic carbocycles. The van der Waals surface area contributed by atoms with E-state index in [1.54, 1.807) is 6.92 Å². The molecule has 0 saturated carbocycles. The van der Waals surface area contributed by atoms with Gasteiger partial charge >= 0.3 is 6.18 Å². The Balaban J connectivity index is 1.74. The molecule has 0 bridgehead atoms. The van der Waals surface area contributed by atoms with Crippen LogP contribution >= 0.6 is 0 Å². The minimum absolute atomic E-state index is 0.0106. The molecular formula is C20H27F3N4O2. The van der Waals surface area contributed by atoms with E-state index in [1.807, 2.05) is 0 Å². The number of hydrogen-bond donors (Lipinski definition) is 2. The Morgan fingerprint density at radius 2 is 1.86 bits per heavy atom. The zero-order valence-electron chi connectivity index (χ0n) is 16.8. The lowest BCUT2D eigenvalue weighted by molar-refractivity contribution is -0.137. The Morgan fingerprint density at radius 3 is 2.45 bits per heavy atom. The van der Waals surface area contributed by atoms with Gasteiger partial charge in [-0.15, -0.1) is 0 Å². The number of halogens is 3. The number of amides is 2. The van der Waals surface area contributed by atoms with Crippen LogP contribution < -0.4 is 15.5 Å². The Bertz CT molecular complexity index is 773. The maximum absolute atomic E-state index is 13.1. The number of piperidine rings is 1. The minimum atomic E-state index is -4.52. The van der Waals surface area contributed by atoms with E-state index >= 15 is 0 Å². The first kappa shape index (κ1) is 21.6.